The molecule has 0 unspecified atom stereocenters. The molecular weight excluding hydrogens is 277 g/mol. The standard InChI is InChI=1S/C17H20BNO3/c1-4-16(19)14-7-5-12(9-11(14)2)15-10-13(18(20)21)6-8-17(15)22-3/h4-10,20-21H,19H2,1-3H3/b16-4+. The fourth-order valence-electron chi connectivity index (χ4n) is 2.42. The molecule has 0 fully saturated rings. The van der Waals surface area contributed by atoms with Crippen molar-refractivity contribution >= 4 is 18.3 Å². The second-order valence-corrected chi connectivity index (χ2v) is 5.11. The number of methoxy groups -OCH3 is 1. The molecule has 0 bridgehead atoms. The van der Waals surface area contributed by atoms with E-state index >= 15 is 0 Å². The van der Waals surface area contributed by atoms with Crippen LogP contribution in [0.4, 0.5) is 0 Å². The predicted octanol–water partition coefficient (Wildman–Crippen LogP) is 1.67. The molecule has 4 N–H and O–H groups in total. The van der Waals surface area contributed by atoms with Crippen molar-refractivity contribution in [2.24, 2.45) is 5.73 Å². The van der Waals surface area contributed by atoms with Crippen LogP contribution in [-0.2, 0) is 0 Å². The van der Waals surface area contributed by atoms with Gasteiger partial charge >= 0.3 is 7.12 Å². The number of ether oxygens (including phenoxy) is 1. The Bertz CT molecular complexity index is 711. The zero-order chi connectivity index (χ0) is 16.3. The molecule has 0 aromatic heterocycles. The molecule has 0 radical (unpaired) electrons. The molecular formula is C17H20BNO3. The molecule has 5 heteroatoms. The van der Waals surface area contributed by atoms with Crippen LogP contribution in [0.15, 0.2) is 42.5 Å². The van der Waals surface area contributed by atoms with Gasteiger partial charge in [0, 0.05) is 11.3 Å². The fraction of sp³-hybridized carbons (Fsp3) is 0.176. The lowest BCUT2D eigenvalue weighted by Gasteiger charge is -2.13. The first-order valence-corrected chi connectivity index (χ1v) is 7.05. The van der Waals surface area contributed by atoms with Crippen LogP contribution in [0, 0.1) is 6.92 Å². The molecule has 2 aromatic rings. The summed E-state index contributed by atoms with van der Waals surface area (Å²) in [6.45, 7) is 3.89. The summed E-state index contributed by atoms with van der Waals surface area (Å²) in [5.41, 5.74) is 10.9. The van der Waals surface area contributed by atoms with Gasteiger partial charge in [0.2, 0.25) is 0 Å². The first kappa shape index (κ1) is 16.1. The maximum Gasteiger partial charge on any atom is 0.488 e. The smallest absolute Gasteiger partial charge is 0.488 e. The monoisotopic (exact) mass is 297 g/mol. The zero-order valence-electron chi connectivity index (χ0n) is 13.0. The van der Waals surface area contributed by atoms with E-state index in [1.54, 1.807) is 25.3 Å². The fourth-order valence-corrected chi connectivity index (χ4v) is 2.42. The molecule has 0 aliphatic heterocycles. The van der Waals surface area contributed by atoms with Crippen LogP contribution >= 0.6 is 0 Å². The second kappa shape index (κ2) is 6.68. The van der Waals surface area contributed by atoms with E-state index in [9.17, 15) is 10.0 Å². The minimum atomic E-state index is -1.51. The summed E-state index contributed by atoms with van der Waals surface area (Å²) in [4.78, 5) is 0. The number of allylic oxidation sites excluding steroid dienone is 1. The van der Waals surface area contributed by atoms with Gasteiger partial charge in [0.1, 0.15) is 5.75 Å². The molecule has 0 spiro atoms. The molecule has 0 atom stereocenters. The van der Waals surface area contributed by atoms with Gasteiger partial charge in [0.05, 0.1) is 7.11 Å². The highest BCUT2D eigenvalue weighted by atomic mass is 16.5. The van der Waals surface area contributed by atoms with Crippen molar-refractivity contribution in [1.82, 2.24) is 0 Å². The number of aryl methyl sites for hydroxylation is 1. The van der Waals surface area contributed by atoms with Crippen molar-refractivity contribution in [2.45, 2.75) is 13.8 Å². The molecule has 0 heterocycles. The van der Waals surface area contributed by atoms with Gasteiger partial charge in [-0.3, -0.25) is 0 Å². The third-order valence-corrected chi connectivity index (χ3v) is 3.68. The Kier molecular flexibility index (Phi) is 4.90. The summed E-state index contributed by atoms with van der Waals surface area (Å²) in [6, 6.07) is 11.0. The molecule has 2 rings (SSSR count). The molecule has 0 amide bonds. The third kappa shape index (κ3) is 3.16. The average molecular weight is 297 g/mol. The molecule has 0 aliphatic carbocycles. The SMILES string of the molecule is C/C=C(/N)c1ccc(-c2cc(B(O)O)ccc2OC)cc1C. The number of rotatable bonds is 4. The minimum Gasteiger partial charge on any atom is -0.496 e. The topological polar surface area (TPSA) is 75.7 Å². The molecule has 22 heavy (non-hydrogen) atoms. The van der Waals surface area contributed by atoms with Crippen molar-refractivity contribution in [3.63, 3.8) is 0 Å². The Morgan fingerprint density at radius 2 is 1.91 bits per heavy atom. The van der Waals surface area contributed by atoms with Crippen LogP contribution in [0.5, 0.6) is 5.75 Å². The van der Waals surface area contributed by atoms with E-state index < -0.39 is 7.12 Å². The molecule has 0 saturated carbocycles. The van der Waals surface area contributed by atoms with E-state index in [-0.39, 0.29) is 0 Å². The van der Waals surface area contributed by atoms with Gasteiger partial charge in [-0.25, -0.2) is 0 Å². The van der Waals surface area contributed by atoms with Crippen LogP contribution in [-0.4, -0.2) is 24.3 Å². The van der Waals surface area contributed by atoms with Crippen LogP contribution in [0.2, 0.25) is 0 Å². The van der Waals surface area contributed by atoms with E-state index in [1.807, 2.05) is 38.1 Å². The normalized spacial score (nSPS) is 11.4. The summed E-state index contributed by atoms with van der Waals surface area (Å²) < 4.78 is 5.37. The predicted molar refractivity (Wildman–Crippen MR) is 90.8 cm³/mol. The Morgan fingerprint density at radius 3 is 2.45 bits per heavy atom. The first-order valence-electron chi connectivity index (χ1n) is 7.05. The minimum absolute atomic E-state index is 0.422. The van der Waals surface area contributed by atoms with Gasteiger partial charge < -0.3 is 20.5 Å². The van der Waals surface area contributed by atoms with Crippen LogP contribution in [0.3, 0.4) is 0 Å². The van der Waals surface area contributed by atoms with Gasteiger partial charge in [-0.15, -0.1) is 0 Å². The number of nitrogens with two attached hydrogens (primary N) is 1. The Labute approximate surface area is 131 Å². The lowest BCUT2D eigenvalue weighted by molar-refractivity contribution is 0.415. The summed E-state index contributed by atoms with van der Waals surface area (Å²) in [5.74, 6) is 0.676. The van der Waals surface area contributed by atoms with Crippen molar-refractivity contribution in [3.05, 3.63) is 53.6 Å². The molecule has 4 nitrogen and oxygen atoms in total. The van der Waals surface area contributed by atoms with Crippen LogP contribution < -0.4 is 15.9 Å². The highest BCUT2D eigenvalue weighted by molar-refractivity contribution is 6.58. The van der Waals surface area contributed by atoms with E-state index in [0.29, 0.717) is 11.2 Å². The highest BCUT2D eigenvalue weighted by Gasteiger charge is 2.15. The maximum absolute atomic E-state index is 9.35. The second-order valence-electron chi connectivity index (χ2n) is 5.11. The van der Waals surface area contributed by atoms with E-state index in [2.05, 4.69) is 0 Å². The summed E-state index contributed by atoms with van der Waals surface area (Å²) in [5, 5.41) is 18.7. The van der Waals surface area contributed by atoms with Crippen molar-refractivity contribution < 1.29 is 14.8 Å². The lowest BCUT2D eigenvalue weighted by Crippen LogP contribution is -2.29. The number of benzene rings is 2. The highest BCUT2D eigenvalue weighted by Crippen LogP contribution is 2.31. The number of hydrogen-bond donors (Lipinski definition) is 3. The summed E-state index contributed by atoms with van der Waals surface area (Å²) >= 11 is 0. The Balaban J connectivity index is 2.56. The zero-order valence-corrected chi connectivity index (χ0v) is 13.0. The lowest BCUT2D eigenvalue weighted by atomic mass is 9.79. The maximum atomic E-state index is 9.35. The average Bonchev–Trinajstić information content (AvgIpc) is 2.53. The van der Waals surface area contributed by atoms with Crippen molar-refractivity contribution in [1.29, 1.82) is 0 Å². The molecule has 0 saturated heterocycles. The molecule has 2 aromatic carbocycles. The Hall–Kier alpha value is -2.24. The number of hydrogen-bond acceptors (Lipinski definition) is 4. The molecule has 114 valence electrons. The molecule has 0 aliphatic rings. The van der Waals surface area contributed by atoms with E-state index in [4.69, 9.17) is 10.5 Å². The van der Waals surface area contributed by atoms with E-state index in [0.717, 1.165) is 28.0 Å². The largest absolute Gasteiger partial charge is 0.496 e. The van der Waals surface area contributed by atoms with Crippen molar-refractivity contribution in [2.75, 3.05) is 7.11 Å². The first-order chi connectivity index (χ1) is 10.5. The summed E-state index contributed by atoms with van der Waals surface area (Å²) in [7, 11) is 0.0797. The van der Waals surface area contributed by atoms with E-state index in [1.165, 1.54) is 0 Å². The van der Waals surface area contributed by atoms with Crippen LogP contribution in [0.25, 0.3) is 16.8 Å². The quantitative estimate of drug-likeness (QED) is 0.750. The third-order valence-electron chi connectivity index (χ3n) is 3.68. The van der Waals surface area contributed by atoms with Gasteiger partial charge in [-0.2, -0.15) is 0 Å². The van der Waals surface area contributed by atoms with Crippen LogP contribution in [0.1, 0.15) is 18.1 Å². The van der Waals surface area contributed by atoms with Gasteiger partial charge in [0.25, 0.3) is 0 Å². The van der Waals surface area contributed by atoms with Crippen molar-refractivity contribution in [3.8, 4) is 16.9 Å². The van der Waals surface area contributed by atoms with Gasteiger partial charge in [-0.05, 0) is 42.1 Å². The van der Waals surface area contributed by atoms with Gasteiger partial charge in [-0.1, -0.05) is 36.4 Å². The summed E-state index contributed by atoms with van der Waals surface area (Å²) in [6.07, 6.45) is 1.87. The van der Waals surface area contributed by atoms with Gasteiger partial charge in [0.15, 0.2) is 0 Å². The Morgan fingerprint density at radius 1 is 1.18 bits per heavy atom.